The number of carboxylic acids is 1. The van der Waals surface area contributed by atoms with Crippen LogP contribution in [0.25, 0.3) is 10.9 Å². The van der Waals surface area contributed by atoms with Crippen LogP contribution < -0.4 is 37.6 Å². The van der Waals surface area contributed by atoms with Crippen LogP contribution in [0.4, 0.5) is 0 Å². The highest BCUT2D eigenvalue weighted by Crippen LogP contribution is 2.20. The number of amides is 7. The second kappa shape index (κ2) is 19.6. The van der Waals surface area contributed by atoms with Gasteiger partial charge in [0, 0.05) is 35.7 Å². The molecule has 1 saturated heterocycles. The Morgan fingerprint density at radius 2 is 1.45 bits per heavy atom. The van der Waals surface area contributed by atoms with Crippen molar-refractivity contribution in [2.75, 3.05) is 11.5 Å². The van der Waals surface area contributed by atoms with Crippen LogP contribution in [0.2, 0.25) is 0 Å². The first-order valence-corrected chi connectivity index (χ1v) is 18.6. The Bertz CT molecular complexity index is 1680. The minimum absolute atomic E-state index is 0.0681. The number of hydrogen-bond donors (Lipinski definition) is 9. The maximum Gasteiger partial charge on any atom is 0.303 e. The molecule has 10 N–H and O–H groups in total. The van der Waals surface area contributed by atoms with Gasteiger partial charge in [-0.15, -0.1) is 11.8 Å². The first kappa shape index (κ1) is 42.3. The fourth-order valence-electron chi connectivity index (χ4n) is 5.67. The summed E-state index contributed by atoms with van der Waals surface area (Å²) in [4.78, 5) is 108. The molecule has 6 atom stereocenters. The van der Waals surface area contributed by atoms with Crippen molar-refractivity contribution in [1.29, 1.82) is 0 Å². The average molecular weight is 759 g/mol. The normalized spacial score (nSPS) is 24.7. The third-order valence-corrected chi connectivity index (χ3v) is 9.58. The van der Waals surface area contributed by atoms with Gasteiger partial charge in [0.25, 0.3) is 0 Å². The Labute approximate surface area is 311 Å². The average Bonchev–Trinajstić information content (AvgIpc) is 3.49. The van der Waals surface area contributed by atoms with Gasteiger partial charge in [-0.2, -0.15) is 0 Å². The zero-order chi connectivity index (χ0) is 39.4. The van der Waals surface area contributed by atoms with Crippen molar-refractivity contribution in [2.45, 2.75) is 96.6 Å². The lowest BCUT2D eigenvalue weighted by Gasteiger charge is -2.28. The molecule has 0 spiro atoms. The van der Waals surface area contributed by atoms with Gasteiger partial charge in [-0.1, -0.05) is 45.9 Å². The Kier molecular flexibility index (Phi) is 15.7. The van der Waals surface area contributed by atoms with Crippen LogP contribution in [0.1, 0.15) is 59.4 Å². The van der Waals surface area contributed by atoms with Crippen molar-refractivity contribution >= 4 is 70.0 Å². The number of benzene rings is 1. The molecule has 18 heteroatoms. The summed E-state index contributed by atoms with van der Waals surface area (Å²) < 4.78 is 0. The largest absolute Gasteiger partial charge is 0.481 e. The van der Waals surface area contributed by atoms with E-state index in [0.717, 1.165) is 22.7 Å². The van der Waals surface area contributed by atoms with Gasteiger partial charge in [-0.25, -0.2) is 0 Å². The first-order valence-electron chi connectivity index (χ1n) is 17.4. The van der Waals surface area contributed by atoms with E-state index in [1.54, 1.807) is 26.1 Å². The molecule has 3 rings (SSSR count). The summed E-state index contributed by atoms with van der Waals surface area (Å²) in [6, 6.07) is -0.158. The number of nitrogens with one attached hydrogen (secondary N) is 7. The topological polar surface area (TPSA) is 271 Å². The summed E-state index contributed by atoms with van der Waals surface area (Å²) in [5.74, 6) is -7.49. The molecule has 53 heavy (non-hydrogen) atoms. The second-order valence-electron chi connectivity index (χ2n) is 13.8. The second-order valence-corrected chi connectivity index (χ2v) is 14.8. The molecule has 1 fully saturated rings. The quantitative estimate of drug-likeness (QED) is 0.157. The minimum Gasteiger partial charge on any atom is -0.481 e. The summed E-state index contributed by atoms with van der Waals surface area (Å²) >= 11 is 0.934. The number of carbonyl (C=O) groups excluding carboxylic acids is 7. The molecule has 0 radical (unpaired) electrons. The predicted molar refractivity (Wildman–Crippen MR) is 197 cm³/mol. The first-order chi connectivity index (χ1) is 25.0. The Balaban J connectivity index is 2.07. The van der Waals surface area contributed by atoms with Gasteiger partial charge in [-0.3, -0.25) is 38.4 Å². The SMILES string of the molecule is CC(C)C[C@@H]1NC(=O)C(C(C)C)NC(=O)[C@H](C)NC(=O)CSC[C@@H](C(N)=O)NC(=O)[C@@H](CCC(=O)O)NC(=O)[C@@H](Cc2c[nH]c3ccccc23)NC1=O. The van der Waals surface area contributed by atoms with E-state index in [-0.39, 0.29) is 36.7 Å². The van der Waals surface area contributed by atoms with Crippen molar-refractivity contribution in [3.63, 3.8) is 0 Å². The molecule has 0 bridgehead atoms. The Hall–Kier alpha value is -5.13. The highest BCUT2D eigenvalue weighted by molar-refractivity contribution is 8.00. The number of fused-ring (bicyclic) bond motifs is 1. The van der Waals surface area contributed by atoms with E-state index in [0.29, 0.717) is 5.56 Å². The number of thioether (sulfide) groups is 1. The van der Waals surface area contributed by atoms with E-state index in [4.69, 9.17) is 5.73 Å². The van der Waals surface area contributed by atoms with Gasteiger partial charge >= 0.3 is 5.97 Å². The van der Waals surface area contributed by atoms with Gasteiger partial charge in [0.05, 0.1) is 5.75 Å². The van der Waals surface area contributed by atoms with Crippen LogP contribution in [-0.2, 0) is 44.8 Å². The highest BCUT2D eigenvalue weighted by Gasteiger charge is 2.34. The van der Waals surface area contributed by atoms with Crippen LogP contribution in [0.15, 0.2) is 30.5 Å². The molecule has 0 saturated carbocycles. The maximum absolute atomic E-state index is 14.1. The minimum atomic E-state index is -1.47. The van der Waals surface area contributed by atoms with Gasteiger partial charge in [0.15, 0.2) is 0 Å². The van der Waals surface area contributed by atoms with Crippen molar-refractivity contribution in [1.82, 2.24) is 36.9 Å². The summed E-state index contributed by atoms with van der Waals surface area (Å²) in [6.07, 6.45) is 0.862. The van der Waals surface area contributed by atoms with Crippen LogP contribution in [0, 0.1) is 11.8 Å². The van der Waals surface area contributed by atoms with Crippen LogP contribution in [0.5, 0.6) is 0 Å². The summed E-state index contributed by atoms with van der Waals surface area (Å²) in [7, 11) is 0. The fraction of sp³-hybridized carbons (Fsp3) is 0.543. The third kappa shape index (κ3) is 12.8. The van der Waals surface area contributed by atoms with Gasteiger partial charge < -0.3 is 47.7 Å². The summed E-state index contributed by atoms with van der Waals surface area (Å²) in [5, 5.41) is 25.8. The molecule has 1 aliphatic rings. The van der Waals surface area contributed by atoms with E-state index in [9.17, 15) is 43.5 Å². The molecular weight excluding hydrogens is 708 g/mol. The van der Waals surface area contributed by atoms with Crippen LogP contribution >= 0.6 is 11.8 Å². The number of para-hydroxylation sites is 1. The monoisotopic (exact) mass is 758 g/mol. The molecule has 17 nitrogen and oxygen atoms in total. The zero-order valence-corrected chi connectivity index (χ0v) is 31.3. The van der Waals surface area contributed by atoms with E-state index in [1.165, 1.54) is 6.92 Å². The molecular formula is C35H50N8O9S. The highest BCUT2D eigenvalue weighted by atomic mass is 32.2. The molecule has 1 aliphatic heterocycles. The molecule has 1 aromatic carbocycles. The zero-order valence-electron chi connectivity index (χ0n) is 30.4. The molecule has 1 aromatic heterocycles. The number of rotatable bonds is 9. The van der Waals surface area contributed by atoms with Gasteiger partial charge in [-0.05, 0) is 43.2 Å². The van der Waals surface area contributed by atoms with E-state index >= 15 is 0 Å². The molecule has 7 amide bonds. The number of carboxylic acid groups (broad SMARTS) is 1. The number of aliphatic carboxylic acids is 1. The number of nitrogens with two attached hydrogens (primary N) is 1. The summed E-state index contributed by atoms with van der Waals surface area (Å²) in [5.41, 5.74) is 6.95. The smallest absolute Gasteiger partial charge is 0.303 e. The molecule has 290 valence electrons. The lowest BCUT2D eigenvalue weighted by Crippen LogP contribution is -2.60. The predicted octanol–water partition coefficient (Wildman–Crippen LogP) is -0.562. The van der Waals surface area contributed by atoms with Crippen molar-refractivity contribution in [2.24, 2.45) is 17.6 Å². The molecule has 1 unspecified atom stereocenters. The number of primary amides is 1. The van der Waals surface area contributed by atoms with Crippen molar-refractivity contribution < 1.29 is 43.5 Å². The van der Waals surface area contributed by atoms with E-state index < -0.39 is 95.9 Å². The van der Waals surface area contributed by atoms with Crippen LogP contribution in [-0.4, -0.2) is 105 Å². The lowest BCUT2D eigenvalue weighted by atomic mass is 9.98. The van der Waals surface area contributed by atoms with E-state index in [2.05, 4.69) is 36.9 Å². The maximum atomic E-state index is 14.1. The number of aromatic nitrogens is 1. The fourth-order valence-corrected chi connectivity index (χ4v) is 6.54. The van der Waals surface area contributed by atoms with Crippen LogP contribution in [0.3, 0.4) is 0 Å². The van der Waals surface area contributed by atoms with Crippen molar-refractivity contribution in [3.8, 4) is 0 Å². The van der Waals surface area contributed by atoms with E-state index in [1.807, 2.05) is 32.0 Å². The number of H-pyrrole nitrogens is 1. The summed E-state index contributed by atoms with van der Waals surface area (Å²) in [6.45, 7) is 8.51. The standard InChI is InChI=1S/C35H50N8O9S/c1-17(2)12-24-33(50)40-25(13-20-14-37-22-9-7-6-8-21(20)22)34(51)39-23(10-11-28(45)46)32(49)42-26(30(36)47)15-53-16-27(44)38-19(5)31(48)43-29(18(3)4)35(52)41-24/h6-9,14,17-19,23-26,29,37H,10-13,15-16H2,1-5H3,(H2,36,47)(H,38,44)(H,39,51)(H,40,50)(H,41,52)(H,42,49)(H,43,48)(H,45,46)/t19-,23+,24-,25+,26-,29?/m0/s1. The molecule has 0 aliphatic carbocycles. The van der Waals surface area contributed by atoms with Gasteiger partial charge in [0.2, 0.25) is 41.4 Å². The lowest BCUT2D eigenvalue weighted by molar-refractivity contribution is -0.138. The Morgan fingerprint density at radius 1 is 0.830 bits per heavy atom. The molecule has 2 aromatic rings. The number of aromatic amines is 1. The third-order valence-electron chi connectivity index (χ3n) is 8.55. The van der Waals surface area contributed by atoms with Crippen molar-refractivity contribution in [3.05, 3.63) is 36.0 Å². The molecule has 2 heterocycles. The number of hydrogen-bond acceptors (Lipinski definition) is 9. The number of carbonyl (C=O) groups is 8. The Morgan fingerprint density at radius 3 is 2.09 bits per heavy atom. The van der Waals surface area contributed by atoms with Gasteiger partial charge in [0.1, 0.15) is 36.3 Å².